The molecule has 0 amide bonds. The lowest BCUT2D eigenvalue weighted by molar-refractivity contribution is -0.159. The molecule has 2 rings (SSSR count). The molecule has 1 aliphatic rings. The number of rotatable bonds is 2. The largest absolute Gasteiger partial charge is 0.460 e. The molecule has 0 spiro atoms. The van der Waals surface area contributed by atoms with Gasteiger partial charge in [-0.1, -0.05) is 0 Å². The van der Waals surface area contributed by atoms with Gasteiger partial charge in [0.15, 0.2) is 0 Å². The number of hydrogen-bond donors (Lipinski definition) is 1. The van der Waals surface area contributed by atoms with Crippen molar-refractivity contribution in [3.8, 4) is 0 Å². The summed E-state index contributed by atoms with van der Waals surface area (Å²) < 4.78 is 19.2. The van der Waals surface area contributed by atoms with Gasteiger partial charge in [-0.05, 0) is 32.9 Å². The quantitative estimate of drug-likeness (QED) is 0.830. The van der Waals surface area contributed by atoms with E-state index in [9.17, 15) is 9.18 Å². The summed E-state index contributed by atoms with van der Waals surface area (Å²) in [6, 6.07) is 2.91. The molecule has 1 aromatic rings. The second-order valence-electron chi connectivity index (χ2n) is 5.78. The van der Waals surface area contributed by atoms with Gasteiger partial charge in [0.2, 0.25) is 0 Å². The molecular formula is C14H19FN2O2. The molecule has 2 unspecified atom stereocenters. The van der Waals surface area contributed by atoms with Crippen LogP contribution in [0.25, 0.3) is 0 Å². The highest BCUT2D eigenvalue weighted by Crippen LogP contribution is 2.30. The summed E-state index contributed by atoms with van der Waals surface area (Å²) in [7, 11) is 0. The van der Waals surface area contributed by atoms with Crippen LogP contribution in [0.3, 0.4) is 0 Å². The maximum absolute atomic E-state index is 13.8. The van der Waals surface area contributed by atoms with Gasteiger partial charge in [-0.25, -0.2) is 4.39 Å². The zero-order valence-electron chi connectivity index (χ0n) is 11.4. The zero-order chi connectivity index (χ0) is 14.0. The lowest BCUT2D eigenvalue weighted by atomic mass is 9.92. The normalized spacial score (nSPS) is 23.4. The number of aromatic nitrogens is 1. The van der Waals surface area contributed by atoms with E-state index in [0.717, 1.165) is 0 Å². The molecule has 5 heteroatoms. The summed E-state index contributed by atoms with van der Waals surface area (Å²) in [5.74, 6) is -1.32. The first-order chi connectivity index (χ1) is 8.88. The van der Waals surface area contributed by atoms with E-state index in [1.807, 2.05) is 20.8 Å². The van der Waals surface area contributed by atoms with Gasteiger partial charge in [0.1, 0.15) is 11.4 Å². The number of nitrogens with one attached hydrogen (secondary N) is 1. The van der Waals surface area contributed by atoms with Gasteiger partial charge in [-0.3, -0.25) is 9.78 Å². The van der Waals surface area contributed by atoms with Gasteiger partial charge >= 0.3 is 5.97 Å². The third kappa shape index (κ3) is 3.29. The van der Waals surface area contributed by atoms with E-state index in [2.05, 4.69) is 10.3 Å². The molecule has 0 aliphatic carbocycles. The molecule has 1 fully saturated rings. The molecule has 0 radical (unpaired) electrons. The Balaban J connectivity index is 2.18. The van der Waals surface area contributed by atoms with Crippen LogP contribution < -0.4 is 5.32 Å². The summed E-state index contributed by atoms with van der Waals surface area (Å²) >= 11 is 0. The van der Waals surface area contributed by atoms with Crippen LogP contribution in [0, 0.1) is 11.7 Å². The minimum atomic E-state index is -0.535. The van der Waals surface area contributed by atoms with E-state index < -0.39 is 5.60 Å². The van der Waals surface area contributed by atoms with Crippen LogP contribution in [0.15, 0.2) is 18.3 Å². The van der Waals surface area contributed by atoms with Crippen LogP contribution in [-0.2, 0) is 9.53 Å². The molecular weight excluding hydrogens is 247 g/mol. The summed E-state index contributed by atoms with van der Waals surface area (Å²) in [4.78, 5) is 16.2. The monoisotopic (exact) mass is 266 g/mol. The summed E-state index contributed by atoms with van der Waals surface area (Å²) in [5, 5.41) is 3.11. The topological polar surface area (TPSA) is 51.2 Å². The second-order valence-corrected chi connectivity index (χ2v) is 5.78. The van der Waals surface area contributed by atoms with Crippen LogP contribution in [0.4, 0.5) is 4.39 Å². The van der Waals surface area contributed by atoms with Gasteiger partial charge < -0.3 is 10.1 Å². The first kappa shape index (κ1) is 13.9. The van der Waals surface area contributed by atoms with Crippen LogP contribution in [0.5, 0.6) is 0 Å². The van der Waals surface area contributed by atoms with Crippen molar-refractivity contribution in [1.82, 2.24) is 10.3 Å². The number of carbonyl (C=O) groups excluding carboxylic acids is 1. The molecule has 1 aliphatic heterocycles. The number of hydrogen-bond acceptors (Lipinski definition) is 4. The van der Waals surface area contributed by atoms with Gasteiger partial charge in [-0.2, -0.15) is 0 Å². The maximum Gasteiger partial charge on any atom is 0.311 e. The fraction of sp³-hybridized carbons (Fsp3) is 0.571. The Morgan fingerprint density at radius 2 is 2.21 bits per heavy atom. The fourth-order valence-electron chi connectivity index (χ4n) is 2.26. The standard InChI is InChI=1S/C14H19FN2O2/c1-14(2,3)19-13(18)10-8-16-7-9(10)12-11(15)5-4-6-17-12/h4-6,9-10,16H,7-8H2,1-3H3. The minimum Gasteiger partial charge on any atom is -0.460 e. The third-order valence-electron chi connectivity index (χ3n) is 3.06. The van der Waals surface area contributed by atoms with Crippen LogP contribution in [-0.4, -0.2) is 29.6 Å². The van der Waals surface area contributed by atoms with Crippen molar-refractivity contribution in [2.45, 2.75) is 32.3 Å². The molecule has 0 saturated carbocycles. The predicted octanol–water partition coefficient (Wildman–Crippen LogP) is 1.87. The van der Waals surface area contributed by atoms with E-state index >= 15 is 0 Å². The number of nitrogens with zero attached hydrogens (tertiary/aromatic N) is 1. The van der Waals surface area contributed by atoms with E-state index in [1.54, 1.807) is 12.3 Å². The van der Waals surface area contributed by atoms with Crippen molar-refractivity contribution in [1.29, 1.82) is 0 Å². The van der Waals surface area contributed by atoms with Gasteiger partial charge in [0.05, 0.1) is 11.6 Å². The molecule has 0 aromatic carbocycles. The SMILES string of the molecule is CC(C)(C)OC(=O)C1CNCC1c1ncccc1F. The van der Waals surface area contributed by atoms with Crippen LogP contribution in [0.1, 0.15) is 32.4 Å². The maximum atomic E-state index is 13.8. The van der Waals surface area contributed by atoms with Crippen molar-refractivity contribution in [3.05, 3.63) is 29.8 Å². The van der Waals surface area contributed by atoms with E-state index in [-0.39, 0.29) is 23.6 Å². The molecule has 0 bridgehead atoms. The Kier molecular flexibility index (Phi) is 3.85. The Morgan fingerprint density at radius 1 is 1.47 bits per heavy atom. The van der Waals surface area contributed by atoms with Gasteiger partial charge in [-0.15, -0.1) is 0 Å². The van der Waals surface area contributed by atoms with Crippen molar-refractivity contribution >= 4 is 5.97 Å². The predicted molar refractivity (Wildman–Crippen MR) is 69.1 cm³/mol. The molecule has 104 valence electrons. The molecule has 2 atom stereocenters. The zero-order valence-corrected chi connectivity index (χ0v) is 11.4. The smallest absolute Gasteiger partial charge is 0.311 e. The Hall–Kier alpha value is -1.49. The minimum absolute atomic E-state index is 0.268. The highest BCUT2D eigenvalue weighted by atomic mass is 19.1. The number of esters is 1. The third-order valence-corrected chi connectivity index (χ3v) is 3.06. The number of ether oxygens (including phenoxy) is 1. The van der Waals surface area contributed by atoms with Crippen LogP contribution >= 0.6 is 0 Å². The molecule has 1 saturated heterocycles. The Bertz CT molecular complexity index is 471. The number of pyridine rings is 1. The van der Waals surface area contributed by atoms with Crippen molar-refractivity contribution in [2.75, 3.05) is 13.1 Å². The van der Waals surface area contributed by atoms with Crippen LogP contribution in [0.2, 0.25) is 0 Å². The molecule has 2 heterocycles. The van der Waals surface area contributed by atoms with Crippen molar-refractivity contribution < 1.29 is 13.9 Å². The fourth-order valence-corrected chi connectivity index (χ4v) is 2.26. The average Bonchev–Trinajstić information content (AvgIpc) is 2.76. The number of carbonyl (C=O) groups is 1. The van der Waals surface area contributed by atoms with E-state index in [4.69, 9.17) is 4.74 Å². The molecule has 4 nitrogen and oxygen atoms in total. The molecule has 1 N–H and O–H groups in total. The lowest BCUT2D eigenvalue weighted by Crippen LogP contribution is -2.32. The highest BCUT2D eigenvalue weighted by Gasteiger charge is 2.38. The van der Waals surface area contributed by atoms with E-state index in [1.165, 1.54) is 6.07 Å². The summed E-state index contributed by atoms with van der Waals surface area (Å²) in [5.41, 5.74) is -0.198. The molecule has 1 aromatic heterocycles. The second kappa shape index (κ2) is 5.25. The molecule has 19 heavy (non-hydrogen) atoms. The van der Waals surface area contributed by atoms with Crippen molar-refractivity contribution in [3.63, 3.8) is 0 Å². The highest BCUT2D eigenvalue weighted by molar-refractivity contribution is 5.75. The van der Waals surface area contributed by atoms with Gasteiger partial charge in [0.25, 0.3) is 0 Å². The summed E-state index contributed by atoms with van der Waals surface area (Å²) in [6.45, 7) is 6.50. The van der Waals surface area contributed by atoms with Gasteiger partial charge in [0, 0.05) is 25.2 Å². The first-order valence-corrected chi connectivity index (χ1v) is 6.42. The summed E-state index contributed by atoms with van der Waals surface area (Å²) in [6.07, 6.45) is 1.54. The van der Waals surface area contributed by atoms with Crippen molar-refractivity contribution in [2.24, 2.45) is 5.92 Å². The number of halogens is 1. The Morgan fingerprint density at radius 3 is 2.84 bits per heavy atom. The lowest BCUT2D eigenvalue weighted by Gasteiger charge is -2.24. The van der Waals surface area contributed by atoms with E-state index in [0.29, 0.717) is 18.8 Å². The Labute approximate surface area is 112 Å². The first-order valence-electron chi connectivity index (χ1n) is 6.42. The average molecular weight is 266 g/mol.